The van der Waals surface area contributed by atoms with Crippen LogP contribution in [0.2, 0.25) is 0 Å². The van der Waals surface area contributed by atoms with Gasteiger partial charge in [-0.2, -0.15) is 0 Å². The van der Waals surface area contributed by atoms with Gasteiger partial charge in [0.05, 0.1) is 35.4 Å². The molecule has 6 nitrogen and oxygen atoms in total. The summed E-state index contributed by atoms with van der Waals surface area (Å²) >= 11 is 0. The number of nitrogens with zero attached hydrogens (tertiary/aromatic N) is 4. The predicted octanol–water partition coefficient (Wildman–Crippen LogP) is 3.06. The minimum Gasteiger partial charge on any atom is -0.373 e. The first-order chi connectivity index (χ1) is 10.8. The van der Waals surface area contributed by atoms with Crippen molar-refractivity contribution < 1.29 is 0 Å². The number of hydrogen-bond donors (Lipinski definition) is 2. The number of fused-ring (bicyclic) bond motifs is 3. The molecule has 108 valence electrons. The lowest BCUT2D eigenvalue weighted by molar-refractivity contribution is 1.18. The van der Waals surface area contributed by atoms with Crippen molar-refractivity contribution in [1.82, 2.24) is 19.4 Å². The van der Waals surface area contributed by atoms with E-state index in [1.165, 1.54) is 0 Å². The lowest BCUT2D eigenvalue weighted by Crippen LogP contribution is -2.00. The molecule has 0 fully saturated rings. The van der Waals surface area contributed by atoms with Gasteiger partial charge in [0.15, 0.2) is 5.82 Å². The normalized spacial score (nSPS) is 11.0. The van der Waals surface area contributed by atoms with Crippen LogP contribution in [0.25, 0.3) is 16.6 Å². The van der Waals surface area contributed by atoms with E-state index in [2.05, 4.69) is 20.6 Å². The molecule has 0 radical (unpaired) electrons. The molecule has 4 rings (SSSR count). The monoisotopic (exact) mass is 290 g/mol. The number of anilines is 3. The van der Waals surface area contributed by atoms with Crippen LogP contribution in [-0.4, -0.2) is 26.4 Å². The Hall–Kier alpha value is -3.15. The van der Waals surface area contributed by atoms with Crippen LogP contribution in [0.5, 0.6) is 0 Å². The number of pyridine rings is 1. The molecule has 6 heteroatoms. The van der Waals surface area contributed by atoms with Crippen LogP contribution in [0, 0.1) is 0 Å². The molecule has 2 N–H and O–H groups in total. The third kappa shape index (κ3) is 2.01. The second-order valence-corrected chi connectivity index (χ2v) is 4.91. The maximum Gasteiger partial charge on any atom is 0.157 e. The Balaban J connectivity index is 1.83. The van der Waals surface area contributed by atoms with E-state index in [0.29, 0.717) is 0 Å². The van der Waals surface area contributed by atoms with Crippen molar-refractivity contribution in [3.63, 3.8) is 0 Å². The van der Waals surface area contributed by atoms with Crippen LogP contribution in [0.4, 0.5) is 17.3 Å². The lowest BCUT2D eigenvalue weighted by Gasteiger charge is -2.10. The molecule has 0 aliphatic carbocycles. The summed E-state index contributed by atoms with van der Waals surface area (Å²) in [4.78, 5) is 13.2. The van der Waals surface area contributed by atoms with Crippen LogP contribution in [0.15, 0.2) is 55.1 Å². The molecule has 4 aromatic rings. The van der Waals surface area contributed by atoms with E-state index in [1.807, 2.05) is 47.8 Å². The molecule has 0 unspecified atom stereocenters. The first-order valence-electron chi connectivity index (χ1n) is 6.97. The molecule has 0 aliphatic rings. The van der Waals surface area contributed by atoms with Crippen LogP contribution >= 0.6 is 0 Å². The number of benzene rings is 1. The van der Waals surface area contributed by atoms with Gasteiger partial charge in [0.2, 0.25) is 0 Å². The Bertz CT molecular complexity index is 942. The van der Waals surface area contributed by atoms with Gasteiger partial charge in [-0.1, -0.05) is 12.1 Å². The smallest absolute Gasteiger partial charge is 0.157 e. The average Bonchev–Trinajstić information content (AvgIpc) is 3.06. The number of nitrogens with one attached hydrogen (secondary N) is 2. The zero-order valence-electron chi connectivity index (χ0n) is 12.0. The maximum absolute atomic E-state index is 4.70. The molecule has 0 aliphatic heterocycles. The van der Waals surface area contributed by atoms with Gasteiger partial charge in [0.1, 0.15) is 11.3 Å². The number of hydrogen-bond acceptors (Lipinski definition) is 5. The van der Waals surface area contributed by atoms with Gasteiger partial charge in [-0.3, -0.25) is 4.40 Å². The van der Waals surface area contributed by atoms with Crippen molar-refractivity contribution >= 4 is 33.9 Å². The number of aromatic nitrogens is 4. The summed E-state index contributed by atoms with van der Waals surface area (Å²) in [6.45, 7) is 0. The fourth-order valence-corrected chi connectivity index (χ4v) is 2.45. The van der Waals surface area contributed by atoms with E-state index < -0.39 is 0 Å². The Kier molecular flexibility index (Phi) is 2.86. The molecule has 0 bridgehead atoms. The van der Waals surface area contributed by atoms with Crippen LogP contribution in [0.1, 0.15) is 0 Å². The highest BCUT2D eigenvalue weighted by molar-refractivity contribution is 5.85. The molecule has 0 amide bonds. The molecule has 22 heavy (non-hydrogen) atoms. The van der Waals surface area contributed by atoms with Crippen LogP contribution in [0.3, 0.4) is 0 Å². The summed E-state index contributed by atoms with van der Waals surface area (Å²) < 4.78 is 2.03. The average molecular weight is 290 g/mol. The standard InChI is InChI=1S/C16H14N6/c1-17-15-7-6-11(8-19-15)20-16-14-9-18-10-22(14)13-5-3-2-4-12(13)21-16/h2-10H,1H3,(H,17,19)(H,20,21). The Labute approximate surface area is 126 Å². The molecule has 3 heterocycles. The van der Waals surface area contributed by atoms with E-state index >= 15 is 0 Å². The number of rotatable bonds is 3. The van der Waals surface area contributed by atoms with E-state index in [0.717, 1.165) is 33.9 Å². The van der Waals surface area contributed by atoms with Gasteiger partial charge in [0.25, 0.3) is 0 Å². The quantitative estimate of drug-likeness (QED) is 0.607. The number of imidazole rings is 1. The SMILES string of the molecule is CNc1ccc(Nc2nc3ccccc3n3cncc23)cn1. The van der Waals surface area contributed by atoms with Crippen LogP contribution < -0.4 is 10.6 Å². The van der Waals surface area contributed by atoms with E-state index in [-0.39, 0.29) is 0 Å². The zero-order valence-corrected chi connectivity index (χ0v) is 12.0. The van der Waals surface area contributed by atoms with Gasteiger partial charge < -0.3 is 10.6 Å². The fourth-order valence-electron chi connectivity index (χ4n) is 2.45. The van der Waals surface area contributed by atoms with Gasteiger partial charge >= 0.3 is 0 Å². The molecule has 0 atom stereocenters. The van der Waals surface area contributed by atoms with E-state index in [1.54, 1.807) is 18.7 Å². The van der Waals surface area contributed by atoms with Gasteiger partial charge in [-0.05, 0) is 24.3 Å². The Morgan fingerprint density at radius 1 is 1.00 bits per heavy atom. The van der Waals surface area contributed by atoms with Crippen molar-refractivity contribution in [2.24, 2.45) is 0 Å². The number of para-hydroxylation sites is 2. The van der Waals surface area contributed by atoms with E-state index in [4.69, 9.17) is 4.98 Å². The van der Waals surface area contributed by atoms with Gasteiger partial charge in [-0.25, -0.2) is 15.0 Å². The van der Waals surface area contributed by atoms with Crippen molar-refractivity contribution in [3.05, 3.63) is 55.1 Å². The summed E-state index contributed by atoms with van der Waals surface area (Å²) in [5.41, 5.74) is 3.75. The third-order valence-electron chi connectivity index (χ3n) is 3.54. The largest absolute Gasteiger partial charge is 0.373 e. The minimum absolute atomic E-state index is 0.759. The molecular weight excluding hydrogens is 276 g/mol. The predicted molar refractivity (Wildman–Crippen MR) is 87.6 cm³/mol. The van der Waals surface area contributed by atoms with Crippen molar-refractivity contribution in [2.45, 2.75) is 0 Å². The van der Waals surface area contributed by atoms with Crippen molar-refractivity contribution in [3.8, 4) is 0 Å². The summed E-state index contributed by atoms with van der Waals surface area (Å²) in [7, 11) is 1.84. The summed E-state index contributed by atoms with van der Waals surface area (Å²) in [5.74, 6) is 1.58. The first-order valence-corrected chi connectivity index (χ1v) is 6.97. The molecule has 0 saturated carbocycles. The fraction of sp³-hybridized carbons (Fsp3) is 0.0625. The van der Waals surface area contributed by atoms with Crippen LogP contribution in [-0.2, 0) is 0 Å². The van der Waals surface area contributed by atoms with E-state index in [9.17, 15) is 0 Å². The Morgan fingerprint density at radius 2 is 1.91 bits per heavy atom. The zero-order chi connectivity index (χ0) is 14.9. The topological polar surface area (TPSA) is 67.1 Å². The summed E-state index contributed by atoms with van der Waals surface area (Å²) in [6.07, 6.45) is 5.37. The lowest BCUT2D eigenvalue weighted by atomic mass is 10.3. The highest BCUT2D eigenvalue weighted by Crippen LogP contribution is 2.24. The summed E-state index contributed by atoms with van der Waals surface area (Å²) in [6, 6.07) is 11.9. The molecule has 0 spiro atoms. The minimum atomic E-state index is 0.759. The third-order valence-corrected chi connectivity index (χ3v) is 3.54. The molecular formula is C16H14N6. The second-order valence-electron chi connectivity index (χ2n) is 4.91. The van der Waals surface area contributed by atoms with Gasteiger partial charge in [0, 0.05) is 7.05 Å². The highest BCUT2D eigenvalue weighted by atomic mass is 15.1. The molecule has 3 aromatic heterocycles. The first kappa shape index (κ1) is 12.6. The second kappa shape index (κ2) is 5.00. The van der Waals surface area contributed by atoms with Crippen molar-refractivity contribution in [2.75, 3.05) is 17.7 Å². The molecule has 0 saturated heterocycles. The highest BCUT2D eigenvalue weighted by Gasteiger charge is 2.08. The maximum atomic E-state index is 4.70. The van der Waals surface area contributed by atoms with Crippen molar-refractivity contribution in [1.29, 1.82) is 0 Å². The molecule has 1 aromatic carbocycles. The summed E-state index contributed by atoms with van der Waals surface area (Å²) in [5, 5.41) is 6.31. The Morgan fingerprint density at radius 3 is 2.73 bits per heavy atom. The van der Waals surface area contributed by atoms with Gasteiger partial charge in [-0.15, -0.1) is 0 Å².